The molecule has 0 aliphatic carbocycles. The fourth-order valence-electron chi connectivity index (χ4n) is 1.07. The summed E-state index contributed by atoms with van der Waals surface area (Å²) >= 11 is 0. The Labute approximate surface area is 87.1 Å². The molecule has 0 rings (SSSR count). The fraction of sp³-hybridized carbons (Fsp3) is 0.909. The van der Waals surface area contributed by atoms with E-state index in [0.717, 1.165) is 0 Å². The number of hydrogen-bond acceptors (Lipinski definition) is 3. The van der Waals surface area contributed by atoms with E-state index in [9.17, 15) is 4.79 Å². The summed E-state index contributed by atoms with van der Waals surface area (Å²) in [7, 11) is 0. The molecule has 0 radical (unpaired) electrons. The summed E-state index contributed by atoms with van der Waals surface area (Å²) in [6.45, 7) is 10.9. The highest BCUT2D eigenvalue weighted by molar-refractivity contribution is 5.85. The SMILES string of the molecule is CC(C)N(CCO)CC(=O)C(C)(C)C. The summed E-state index contributed by atoms with van der Waals surface area (Å²) in [5.41, 5.74) is -0.289. The number of carbonyl (C=O) groups excluding carboxylic acids is 1. The van der Waals surface area contributed by atoms with Gasteiger partial charge in [0.2, 0.25) is 0 Å². The van der Waals surface area contributed by atoms with E-state index in [0.29, 0.717) is 19.1 Å². The van der Waals surface area contributed by atoms with Crippen LogP contribution in [0.25, 0.3) is 0 Å². The molecular formula is C11H23NO2. The van der Waals surface area contributed by atoms with Crippen molar-refractivity contribution in [2.45, 2.75) is 40.7 Å². The third-order valence-electron chi connectivity index (χ3n) is 2.30. The minimum Gasteiger partial charge on any atom is -0.395 e. The van der Waals surface area contributed by atoms with Crippen LogP contribution in [0.1, 0.15) is 34.6 Å². The summed E-state index contributed by atoms with van der Waals surface area (Å²) in [6, 6.07) is 0.299. The Morgan fingerprint density at radius 3 is 2.14 bits per heavy atom. The number of carbonyl (C=O) groups is 1. The Balaban J connectivity index is 4.24. The molecule has 0 saturated heterocycles. The fourth-order valence-corrected chi connectivity index (χ4v) is 1.07. The molecule has 0 aliphatic heterocycles. The highest BCUT2D eigenvalue weighted by atomic mass is 16.3. The Morgan fingerprint density at radius 2 is 1.86 bits per heavy atom. The Morgan fingerprint density at radius 1 is 1.36 bits per heavy atom. The van der Waals surface area contributed by atoms with E-state index < -0.39 is 0 Å². The lowest BCUT2D eigenvalue weighted by Gasteiger charge is -2.28. The van der Waals surface area contributed by atoms with Crippen molar-refractivity contribution in [3.05, 3.63) is 0 Å². The van der Waals surface area contributed by atoms with Gasteiger partial charge < -0.3 is 5.11 Å². The molecule has 3 nitrogen and oxygen atoms in total. The lowest BCUT2D eigenvalue weighted by molar-refractivity contribution is -0.128. The van der Waals surface area contributed by atoms with E-state index in [2.05, 4.69) is 0 Å². The van der Waals surface area contributed by atoms with Crippen LogP contribution >= 0.6 is 0 Å². The minimum atomic E-state index is -0.289. The zero-order chi connectivity index (χ0) is 11.4. The predicted molar refractivity (Wildman–Crippen MR) is 58.3 cm³/mol. The largest absolute Gasteiger partial charge is 0.395 e. The van der Waals surface area contributed by atoms with Gasteiger partial charge in [0.1, 0.15) is 0 Å². The molecule has 84 valence electrons. The predicted octanol–water partition coefficient (Wildman–Crippen LogP) is 1.30. The van der Waals surface area contributed by atoms with Gasteiger partial charge in [-0.15, -0.1) is 0 Å². The van der Waals surface area contributed by atoms with Crippen LogP contribution in [0.3, 0.4) is 0 Å². The first-order valence-corrected chi connectivity index (χ1v) is 5.17. The maximum Gasteiger partial charge on any atom is 0.152 e. The van der Waals surface area contributed by atoms with Crippen molar-refractivity contribution in [2.24, 2.45) is 5.41 Å². The van der Waals surface area contributed by atoms with Crippen LogP contribution in [0.5, 0.6) is 0 Å². The van der Waals surface area contributed by atoms with Crippen molar-refractivity contribution < 1.29 is 9.90 Å². The molecule has 0 unspecified atom stereocenters. The zero-order valence-electron chi connectivity index (χ0n) is 10.0. The van der Waals surface area contributed by atoms with Crippen molar-refractivity contribution in [1.29, 1.82) is 0 Å². The third kappa shape index (κ3) is 4.72. The molecule has 0 atom stereocenters. The van der Waals surface area contributed by atoms with Crippen LogP contribution < -0.4 is 0 Å². The summed E-state index contributed by atoms with van der Waals surface area (Å²) < 4.78 is 0. The molecule has 14 heavy (non-hydrogen) atoms. The maximum atomic E-state index is 11.7. The van der Waals surface area contributed by atoms with Gasteiger partial charge in [0, 0.05) is 18.0 Å². The van der Waals surface area contributed by atoms with Gasteiger partial charge >= 0.3 is 0 Å². The van der Waals surface area contributed by atoms with Crippen LogP contribution in [-0.4, -0.2) is 41.5 Å². The number of Topliss-reactive ketones (excluding diaryl/α,β-unsaturated/α-hetero) is 1. The van der Waals surface area contributed by atoms with E-state index >= 15 is 0 Å². The van der Waals surface area contributed by atoms with Crippen molar-refractivity contribution in [3.63, 3.8) is 0 Å². The second-order valence-corrected chi connectivity index (χ2v) is 4.96. The van der Waals surface area contributed by atoms with E-state index in [1.165, 1.54) is 0 Å². The van der Waals surface area contributed by atoms with Crippen LogP contribution in [0.2, 0.25) is 0 Å². The lowest BCUT2D eigenvalue weighted by Crippen LogP contribution is -2.41. The molecule has 0 fully saturated rings. The molecule has 0 aromatic heterocycles. The Kier molecular flexibility index (Phi) is 5.31. The van der Waals surface area contributed by atoms with E-state index in [4.69, 9.17) is 5.11 Å². The van der Waals surface area contributed by atoms with Gasteiger partial charge in [-0.05, 0) is 13.8 Å². The highest BCUT2D eigenvalue weighted by Gasteiger charge is 2.24. The van der Waals surface area contributed by atoms with Gasteiger partial charge in [0.25, 0.3) is 0 Å². The maximum absolute atomic E-state index is 11.7. The summed E-state index contributed by atoms with van der Waals surface area (Å²) in [4.78, 5) is 13.7. The molecule has 1 N–H and O–H groups in total. The molecule has 0 spiro atoms. The molecule has 0 heterocycles. The van der Waals surface area contributed by atoms with E-state index in [-0.39, 0.29) is 17.8 Å². The second-order valence-electron chi connectivity index (χ2n) is 4.96. The number of hydrogen-bond donors (Lipinski definition) is 1. The molecule has 0 aromatic rings. The number of ketones is 1. The monoisotopic (exact) mass is 201 g/mol. The van der Waals surface area contributed by atoms with Gasteiger partial charge in [-0.25, -0.2) is 0 Å². The summed E-state index contributed by atoms with van der Waals surface area (Å²) in [5.74, 6) is 0.222. The standard InChI is InChI=1S/C11H23NO2/c1-9(2)12(6-7-13)8-10(14)11(3,4)5/h9,13H,6-8H2,1-5H3. The number of aliphatic hydroxyl groups excluding tert-OH is 1. The first kappa shape index (κ1) is 13.6. The molecule has 0 aliphatic rings. The number of rotatable bonds is 5. The molecule has 0 saturated carbocycles. The van der Waals surface area contributed by atoms with Gasteiger partial charge in [-0.1, -0.05) is 20.8 Å². The average molecular weight is 201 g/mol. The second kappa shape index (κ2) is 5.47. The van der Waals surface area contributed by atoms with Crippen molar-refractivity contribution in [3.8, 4) is 0 Å². The number of nitrogens with zero attached hydrogens (tertiary/aromatic N) is 1. The first-order valence-electron chi connectivity index (χ1n) is 5.17. The average Bonchev–Trinajstić information content (AvgIpc) is 2.01. The quantitative estimate of drug-likeness (QED) is 0.729. The Hall–Kier alpha value is -0.410. The molecule has 0 aromatic carbocycles. The van der Waals surface area contributed by atoms with Gasteiger partial charge in [0.15, 0.2) is 5.78 Å². The van der Waals surface area contributed by atoms with Crippen molar-refractivity contribution in [2.75, 3.05) is 19.7 Å². The number of aliphatic hydroxyl groups is 1. The lowest BCUT2D eigenvalue weighted by atomic mass is 9.90. The molecular weight excluding hydrogens is 178 g/mol. The molecule has 0 amide bonds. The van der Waals surface area contributed by atoms with E-state index in [1.54, 1.807) is 0 Å². The Bertz CT molecular complexity index is 182. The molecule has 3 heteroatoms. The van der Waals surface area contributed by atoms with E-state index in [1.807, 2.05) is 39.5 Å². The third-order valence-corrected chi connectivity index (χ3v) is 2.30. The van der Waals surface area contributed by atoms with Gasteiger partial charge in [-0.3, -0.25) is 9.69 Å². The molecule has 0 bridgehead atoms. The van der Waals surface area contributed by atoms with Crippen molar-refractivity contribution >= 4 is 5.78 Å². The summed E-state index contributed by atoms with van der Waals surface area (Å²) in [6.07, 6.45) is 0. The smallest absolute Gasteiger partial charge is 0.152 e. The highest BCUT2D eigenvalue weighted by Crippen LogP contribution is 2.15. The first-order chi connectivity index (χ1) is 6.29. The zero-order valence-corrected chi connectivity index (χ0v) is 10.0. The normalized spacial score (nSPS) is 12.6. The van der Waals surface area contributed by atoms with Crippen LogP contribution in [0, 0.1) is 5.41 Å². The van der Waals surface area contributed by atoms with Crippen molar-refractivity contribution in [1.82, 2.24) is 4.90 Å². The van der Waals surface area contributed by atoms with Crippen LogP contribution in [-0.2, 0) is 4.79 Å². The summed E-state index contributed by atoms with van der Waals surface area (Å²) in [5, 5.41) is 8.85. The van der Waals surface area contributed by atoms with Gasteiger partial charge in [-0.2, -0.15) is 0 Å². The van der Waals surface area contributed by atoms with Crippen LogP contribution in [0.15, 0.2) is 0 Å². The minimum absolute atomic E-state index is 0.107. The van der Waals surface area contributed by atoms with Gasteiger partial charge in [0.05, 0.1) is 13.2 Å². The topological polar surface area (TPSA) is 40.5 Å². The van der Waals surface area contributed by atoms with Crippen LogP contribution in [0.4, 0.5) is 0 Å².